The first kappa shape index (κ1) is 16.5. The molecule has 20 heavy (non-hydrogen) atoms. The number of hydrogen-bond donors (Lipinski definition) is 1. The van der Waals surface area contributed by atoms with Gasteiger partial charge in [0.25, 0.3) is 0 Å². The Morgan fingerprint density at radius 1 is 1.25 bits per heavy atom. The van der Waals surface area contributed by atoms with E-state index in [4.69, 9.17) is 14.6 Å². The Kier molecular flexibility index (Phi) is 6.01. The van der Waals surface area contributed by atoms with Crippen LogP contribution in [0.4, 0.5) is 0 Å². The average molecular weight is 300 g/mol. The number of hydrogen-bond acceptors (Lipinski definition) is 4. The molecule has 0 radical (unpaired) electrons. The van der Waals surface area contributed by atoms with Crippen molar-refractivity contribution in [2.45, 2.75) is 25.5 Å². The highest BCUT2D eigenvalue weighted by Gasteiger charge is 2.34. The number of ether oxygens (including phenoxy) is 2. The van der Waals surface area contributed by atoms with Gasteiger partial charge in [-0.15, -0.1) is 0 Å². The molecule has 0 aliphatic rings. The fraction of sp³-hybridized carbons (Fsp3) is 0.500. The predicted octanol–water partition coefficient (Wildman–Crippen LogP) is 2.08. The van der Waals surface area contributed by atoms with Gasteiger partial charge in [0.15, 0.2) is 11.5 Å². The maximum Gasteiger partial charge on any atom is 0.321 e. The lowest BCUT2D eigenvalue weighted by Gasteiger charge is -2.18. The van der Waals surface area contributed by atoms with Crippen LogP contribution in [0.2, 0.25) is 0 Å². The minimum Gasteiger partial charge on any atom is -0.490 e. The van der Waals surface area contributed by atoms with Gasteiger partial charge in [-0.3, -0.25) is 9.00 Å². The second kappa shape index (κ2) is 7.28. The zero-order chi connectivity index (χ0) is 15.2. The van der Waals surface area contributed by atoms with Crippen molar-refractivity contribution in [1.29, 1.82) is 0 Å². The molecule has 0 aromatic heterocycles. The third kappa shape index (κ3) is 4.23. The summed E-state index contributed by atoms with van der Waals surface area (Å²) >= 11 is 0. The standard InChI is InChI=1S/C14H20O5S/c1-4-18-11-7-5-6-8-12(11)19-9-10-20(17)14(2,3)13(15)16/h5-8H,4,9-10H2,1-3H3,(H,15,16). The minimum atomic E-state index is -1.51. The van der Waals surface area contributed by atoms with Gasteiger partial charge in [0.05, 0.1) is 19.0 Å². The van der Waals surface area contributed by atoms with Gasteiger partial charge in [0.2, 0.25) is 0 Å². The number of carbonyl (C=O) groups is 1. The van der Waals surface area contributed by atoms with Crippen LogP contribution in [0, 0.1) is 0 Å². The van der Waals surface area contributed by atoms with E-state index in [9.17, 15) is 9.00 Å². The first-order valence-corrected chi connectivity index (χ1v) is 7.68. The highest BCUT2D eigenvalue weighted by molar-refractivity contribution is 7.87. The molecule has 5 nitrogen and oxygen atoms in total. The second-order valence-electron chi connectivity index (χ2n) is 4.59. The molecule has 1 unspecified atom stereocenters. The van der Waals surface area contributed by atoms with Crippen LogP contribution in [0.5, 0.6) is 11.5 Å². The van der Waals surface area contributed by atoms with Gasteiger partial charge < -0.3 is 14.6 Å². The van der Waals surface area contributed by atoms with E-state index in [1.165, 1.54) is 13.8 Å². The van der Waals surface area contributed by atoms with Gasteiger partial charge in [0.1, 0.15) is 4.75 Å². The van der Waals surface area contributed by atoms with Crippen LogP contribution < -0.4 is 9.47 Å². The van der Waals surface area contributed by atoms with E-state index in [0.29, 0.717) is 18.1 Å². The van der Waals surface area contributed by atoms with Crippen LogP contribution in [-0.4, -0.2) is 39.0 Å². The summed E-state index contributed by atoms with van der Waals surface area (Å²) in [7, 11) is -1.51. The van der Waals surface area contributed by atoms with E-state index in [1.54, 1.807) is 12.1 Å². The first-order chi connectivity index (χ1) is 9.39. The zero-order valence-electron chi connectivity index (χ0n) is 11.9. The summed E-state index contributed by atoms with van der Waals surface area (Å²) in [5.74, 6) is 0.267. The van der Waals surface area contributed by atoms with Crippen molar-refractivity contribution in [3.63, 3.8) is 0 Å². The summed E-state index contributed by atoms with van der Waals surface area (Å²) in [6.45, 7) is 5.46. The van der Waals surface area contributed by atoms with E-state index < -0.39 is 21.5 Å². The summed E-state index contributed by atoms with van der Waals surface area (Å²) in [6.07, 6.45) is 0. The molecule has 6 heteroatoms. The molecule has 0 amide bonds. The lowest BCUT2D eigenvalue weighted by molar-refractivity contribution is -0.139. The van der Waals surface area contributed by atoms with Crippen LogP contribution in [0.1, 0.15) is 20.8 Å². The van der Waals surface area contributed by atoms with Crippen molar-refractivity contribution in [2.24, 2.45) is 0 Å². The Hall–Kier alpha value is -1.56. The van der Waals surface area contributed by atoms with Crippen LogP contribution in [-0.2, 0) is 15.6 Å². The Labute approximate surface area is 121 Å². The van der Waals surface area contributed by atoms with Crippen LogP contribution >= 0.6 is 0 Å². The predicted molar refractivity (Wildman–Crippen MR) is 77.8 cm³/mol. The van der Waals surface area contributed by atoms with E-state index >= 15 is 0 Å². The van der Waals surface area contributed by atoms with Gasteiger partial charge in [-0.25, -0.2) is 0 Å². The number of carboxylic acid groups (broad SMARTS) is 1. The van der Waals surface area contributed by atoms with Crippen LogP contribution in [0.25, 0.3) is 0 Å². The monoisotopic (exact) mass is 300 g/mol. The number of benzene rings is 1. The highest BCUT2D eigenvalue weighted by Crippen LogP contribution is 2.26. The van der Waals surface area contributed by atoms with Crippen LogP contribution in [0.15, 0.2) is 24.3 Å². The molecule has 0 spiro atoms. The molecule has 112 valence electrons. The number of carboxylic acids is 1. The Bertz CT molecular complexity index is 484. The molecule has 1 N–H and O–H groups in total. The van der Waals surface area contributed by atoms with Gasteiger partial charge in [-0.2, -0.15) is 0 Å². The van der Waals surface area contributed by atoms with Gasteiger partial charge >= 0.3 is 5.97 Å². The van der Waals surface area contributed by atoms with Gasteiger partial charge in [-0.05, 0) is 32.9 Å². The quantitative estimate of drug-likeness (QED) is 0.795. The molecule has 1 rings (SSSR count). The van der Waals surface area contributed by atoms with E-state index in [0.717, 1.165) is 0 Å². The zero-order valence-corrected chi connectivity index (χ0v) is 12.7. The lowest BCUT2D eigenvalue weighted by Crippen LogP contribution is -2.38. The molecular weight excluding hydrogens is 280 g/mol. The topological polar surface area (TPSA) is 72.8 Å². The van der Waals surface area contributed by atoms with E-state index in [1.807, 2.05) is 19.1 Å². The molecule has 0 saturated heterocycles. The molecule has 0 heterocycles. The number of aliphatic carboxylic acids is 1. The van der Waals surface area contributed by atoms with Crippen molar-refractivity contribution in [3.8, 4) is 11.5 Å². The van der Waals surface area contributed by atoms with Crippen LogP contribution in [0.3, 0.4) is 0 Å². The van der Waals surface area contributed by atoms with Crippen molar-refractivity contribution >= 4 is 16.8 Å². The molecule has 1 aromatic rings. The number of rotatable bonds is 8. The molecule has 0 saturated carbocycles. The van der Waals surface area contributed by atoms with Crippen molar-refractivity contribution in [1.82, 2.24) is 0 Å². The molecular formula is C14H20O5S. The largest absolute Gasteiger partial charge is 0.490 e. The smallest absolute Gasteiger partial charge is 0.321 e. The van der Waals surface area contributed by atoms with E-state index in [2.05, 4.69) is 0 Å². The average Bonchev–Trinajstić information content (AvgIpc) is 2.40. The number of para-hydroxylation sites is 2. The fourth-order valence-corrected chi connectivity index (χ4v) is 2.36. The third-order valence-electron chi connectivity index (χ3n) is 2.76. The molecule has 0 bridgehead atoms. The minimum absolute atomic E-state index is 0.153. The lowest BCUT2D eigenvalue weighted by atomic mass is 10.2. The summed E-state index contributed by atoms with van der Waals surface area (Å²) in [5, 5.41) is 8.99. The Morgan fingerprint density at radius 3 is 2.30 bits per heavy atom. The van der Waals surface area contributed by atoms with Crippen molar-refractivity contribution < 1.29 is 23.6 Å². The second-order valence-corrected chi connectivity index (χ2v) is 6.71. The molecule has 0 aliphatic carbocycles. The molecule has 1 aromatic carbocycles. The first-order valence-electron chi connectivity index (χ1n) is 6.36. The molecule has 0 aliphatic heterocycles. The fourth-order valence-electron chi connectivity index (χ4n) is 1.42. The highest BCUT2D eigenvalue weighted by atomic mass is 32.2. The summed E-state index contributed by atoms with van der Waals surface area (Å²) in [6, 6.07) is 7.20. The Balaban J connectivity index is 2.57. The Morgan fingerprint density at radius 2 is 1.80 bits per heavy atom. The summed E-state index contributed by atoms with van der Waals surface area (Å²) < 4.78 is 21.6. The van der Waals surface area contributed by atoms with Crippen molar-refractivity contribution in [2.75, 3.05) is 19.0 Å². The maximum absolute atomic E-state index is 11.9. The summed E-state index contributed by atoms with van der Waals surface area (Å²) in [5.41, 5.74) is 0. The van der Waals surface area contributed by atoms with E-state index in [-0.39, 0.29) is 12.4 Å². The molecule has 0 fully saturated rings. The van der Waals surface area contributed by atoms with Gasteiger partial charge in [-0.1, -0.05) is 12.1 Å². The molecule has 1 atom stereocenters. The normalized spacial score (nSPS) is 12.8. The third-order valence-corrected chi connectivity index (χ3v) is 4.61. The SMILES string of the molecule is CCOc1ccccc1OCCS(=O)C(C)(C)C(=O)O. The maximum atomic E-state index is 11.9. The summed E-state index contributed by atoms with van der Waals surface area (Å²) in [4.78, 5) is 11.0. The van der Waals surface area contributed by atoms with Gasteiger partial charge in [0, 0.05) is 10.8 Å². The van der Waals surface area contributed by atoms with Crippen molar-refractivity contribution in [3.05, 3.63) is 24.3 Å².